The van der Waals surface area contributed by atoms with Crippen molar-refractivity contribution >= 4 is 23.4 Å². The molecule has 1 unspecified atom stereocenters. The van der Waals surface area contributed by atoms with E-state index in [4.69, 9.17) is 16.3 Å². The van der Waals surface area contributed by atoms with Gasteiger partial charge in [0.05, 0.1) is 18.3 Å². The third-order valence-electron chi connectivity index (χ3n) is 5.66. The second kappa shape index (κ2) is 7.97. The summed E-state index contributed by atoms with van der Waals surface area (Å²) in [4.78, 5) is 19.9. The molecule has 1 aromatic heterocycles. The Morgan fingerprint density at radius 1 is 1.36 bits per heavy atom. The Morgan fingerprint density at radius 3 is 3.00 bits per heavy atom. The summed E-state index contributed by atoms with van der Waals surface area (Å²) in [5, 5.41) is 10.3. The van der Waals surface area contributed by atoms with Crippen LogP contribution in [0.5, 0.6) is 0 Å². The van der Waals surface area contributed by atoms with Crippen molar-refractivity contribution in [2.45, 2.75) is 38.5 Å². The Balaban J connectivity index is 1.68. The number of nitrogens with zero attached hydrogens (tertiary/aromatic N) is 3. The molecule has 1 amide bonds. The van der Waals surface area contributed by atoms with E-state index < -0.39 is 6.09 Å². The SMILES string of the molecule is COCc1cc(N2CCc3cc(Cl)cc(C4CCCN4C(=O)O)c3C2)ccn1. The van der Waals surface area contributed by atoms with E-state index in [0.717, 1.165) is 49.3 Å². The zero-order chi connectivity index (χ0) is 19.7. The van der Waals surface area contributed by atoms with Gasteiger partial charge in [-0.05, 0) is 60.2 Å². The van der Waals surface area contributed by atoms with Gasteiger partial charge < -0.3 is 19.6 Å². The molecular weight excluding hydrogens is 378 g/mol. The summed E-state index contributed by atoms with van der Waals surface area (Å²) in [5.41, 5.74) is 5.49. The molecule has 4 rings (SSSR count). The standard InChI is InChI=1S/C21H24ClN3O3/c1-28-13-16-11-17(4-6-23-16)24-8-5-14-9-15(22)10-18(19(14)12-24)20-3-2-7-25(20)21(26)27/h4,6,9-11,20H,2-3,5,7-8,12-13H2,1H3,(H,26,27). The van der Waals surface area contributed by atoms with Gasteiger partial charge in [-0.3, -0.25) is 4.98 Å². The van der Waals surface area contributed by atoms with E-state index in [-0.39, 0.29) is 6.04 Å². The van der Waals surface area contributed by atoms with E-state index in [1.165, 1.54) is 11.1 Å². The molecule has 0 radical (unpaired) electrons. The fourth-order valence-corrected chi connectivity index (χ4v) is 4.63. The number of methoxy groups -OCH3 is 1. The number of rotatable bonds is 4. The van der Waals surface area contributed by atoms with Gasteiger partial charge in [0.15, 0.2) is 0 Å². The van der Waals surface area contributed by atoms with Crippen LogP contribution in [-0.2, 0) is 24.3 Å². The average molecular weight is 402 g/mol. The van der Waals surface area contributed by atoms with E-state index in [0.29, 0.717) is 18.2 Å². The second-order valence-corrected chi connectivity index (χ2v) is 7.81. The highest BCUT2D eigenvalue weighted by molar-refractivity contribution is 6.30. The zero-order valence-corrected chi connectivity index (χ0v) is 16.7. The van der Waals surface area contributed by atoms with Gasteiger partial charge in [-0.2, -0.15) is 0 Å². The van der Waals surface area contributed by atoms with E-state index in [9.17, 15) is 9.90 Å². The van der Waals surface area contributed by atoms with E-state index in [1.54, 1.807) is 12.0 Å². The van der Waals surface area contributed by atoms with Crippen LogP contribution >= 0.6 is 11.6 Å². The number of pyridine rings is 1. The normalized spacial score (nSPS) is 19.0. The van der Waals surface area contributed by atoms with E-state index in [2.05, 4.69) is 16.0 Å². The summed E-state index contributed by atoms with van der Waals surface area (Å²) in [6.45, 7) is 2.68. The minimum Gasteiger partial charge on any atom is -0.465 e. The molecule has 1 aromatic carbocycles. The third-order valence-corrected chi connectivity index (χ3v) is 5.87. The number of halogens is 1. The van der Waals surface area contributed by atoms with Crippen molar-refractivity contribution in [1.29, 1.82) is 0 Å². The van der Waals surface area contributed by atoms with Crippen molar-refractivity contribution in [1.82, 2.24) is 9.88 Å². The van der Waals surface area contributed by atoms with Gasteiger partial charge >= 0.3 is 6.09 Å². The number of ether oxygens (including phenoxy) is 1. The molecule has 1 saturated heterocycles. The minimum atomic E-state index is -0.859. The van der Waals surface area contributed by atoms with Crippen LogP contribution < -0.4 is 4.90 Å². The van der Waals surface area contributed by atoms with Crippen molar-refractivity contribution in [3.05, 3.63) is 57.9 Å². The Hall–Kier alpha value is -2.31. The molecule has 7 heteroatoms. The van der Waals surface area contributed by atoms with Crippen LogP contribution in [0.4, 0.5) is 10.5 Å². The minimum absolute atomic E-state index is 0.119. The van der Waals surface area contributed by atoms with Gasteiger partial charge in [-0.1, -0.05) is 11.6 Å². The molecule has 2 aromatic rings. The van der Waals surface area contributed by atoms with Crippen LogP contribution in [0, 0.1) is 0 Å². The molecule has 3 heterocycles. The number of hydrogen-bond acceptors (Lipinski definition) is 4. The molecule has 1 N–H and O–H groups in total. The molecule has 0 bridgehead atoms. The smallest absolute Gasteiger partial charge is 0.407 e. The maximum absolute atomic E-state index is 11.7. The van der Waals surface area contributed by atoms with Gasteiger partial charge in [-0.25, -0.2) is 4.79 Å². The fraction of sp³-hybridized carbons (Fsp3) is 0.429. The summed E-state index contributed by atoms with van der Waals surface area (Å²) in [5.74, 6) is 0. The molecule has 148 valence electrons. The van der Waals surface area contributed by atoms with E-state index in [1.807, 2.05) is 24.4 Å². The van der Waals surface area contributed by atoms with Crippen molar-refractivity contribution in [2.75, 3.05) is 25.1 Å². The number of carbonyl (C=O) groups is 1. The molecule has 6 nitrogen and oxygen atoms in total. The largest absolute Gasteiger partial charge is 0.465 e. The van der Waals surface area contributed by atoms with Crippen molar-refractivity contribution < 1.29 is 14.6 Å². The van der Waals surface area contributed by atoms with E-state index >= 15 is 0 Å². The van der Waals surface area contributed by atoms with Gasteiger partial charge in [0, 0.05) is 43.7 Å². The van der Waals surface area contributed by atoms with Crippen LogP contribution in [-0.4, -0.2) is 41.3 Å². The lowest BCUT2D eigenvalue weighted by Gasteiger charge is -2.34. The molecule has 1 atom stereocenters. The number of aromatic nitrogens is 1. The van der Waals surface area contributed by atoms with Crippen molar-refractivity contribution in [2.24, 2.45) is 0 Å². The lowest BCUT2D eigenvalue weighted by Crippen LogP contribution is -2.34. The summed E-state index contributed by atoms with van der Waals surface area (Å²) in [6, 6.07) is 7.94. The fourth-order valence-electron chi connectivity index (χ4n) is 4.38. The lowest BCUT2D eigenvalue weighted by molar-refractivity contribution is 0.140. The maximum Gasteiger partial charge on any atom is 0.407 e. The Morgan fingerprint density at radius 2 is 2.21 bits per heavy atom. The Kier molecular flexibility index (Phi) is 5.42. The van der Waals surface area contributed by atoms with Gasteiger partial charge in [0.25, 0.3) is 0 Å². The summed E-state index contributed by atoms with van der Waals surface area (Å²) in [6.07, 6.45) is 3.55. The van der Waals surface area contributed by atoms with Crippen LogP contribution in [0.15, 0.2) is 30.5 Å². The molecule has 28 heavy (non-hydrogen) atoms. The maximum atomic E-state index is 11.7. The van der Waals surface area contributed by atoms with Gasteiger partial charge in [0.2, 0.25) is 0 Å². The first-order valence-corrected chi connectivity index (χ1v) is 9.94. The van der Waals surface area contributed by atoms with Crippen molar-refractivity contribution in [3.8, 4) is 0 Å². The highest BCUT2D eigenvalue weighted by Gasteiger charge is 2.33. The molecule has 0 aliphatic carbocycles. The van der Waals surface area contributed by atoms with Crippen LogP contribution in [0.2, 0.25) is 5.02 Å². The molecule has 2 aliphatic rings. The first kappa shape index (κ1) is 19.0. The number of amides is 1. The topological polar surface area (TPSA) is 65.9 Å². The summed E-state index contributed by atoms with van der Waals surface area (Å²) >= 11 is 6.39. The molecule has 0 spiro atoms. The third kappa shape index (κ3) is 3.66. The monoisotopic (exact) mass is 401 g/mol. The lowest BCUT2D eigenvalue weighted by atomic mass is 9.90. The number of anilines is 1. The first-order valence-electron chi connectivity index (χ1n) is 9.56. The summed E-state index contributed by atoms with van der Waals surface area (Å²) < 4.78 is 5.20. The first-order chi connectivity index (χ1) is 13.6. The van der Waals surface area contributed by atoms with Gasteiger partial charge in [-0.15, -0.1) is 0 Å². The van der Waals surface area contributed by atoms with Gasteiger partial charge in [0.1, 0.15) is 0 Å². The molecule has 1 fully saturated rings. The van der Waals surface area contributed by atoms with Crippen LogP contribution in [0.3, 0.4) is 0 Å². The second-order valence-electron chi connectivity index (χ2n) is 7.38. The van der Waals surface area contributed by atoms with Crippen LogP contribution in [0.25, 0.3) is 0 Å². The number of likely N-dealkylation sites (tertiary alicyclic amines) is 1. The average Bonchev–Trinajstić information content (AvgIpc) is 3.17. The predicted molar refractivity (Wildman–Crippen MR) is 108 cm³/mol. The summed E-state index contributed by atoms with van der Waals surface area (Å²) in [7, 11) is 1.66. The molecular formula is C21H24ClN3O3. The number of carboxylic acid groups (broad SMARTS) is 1. The number of hydrogen-bond donors (Lipinski definition) is 1. The Bertz CT molecular complexity index is 889. The number of benzene rings is 1. The Labute approximate surface area is 169 Å². The molecule has 0 saturated carbocycles. The highest BCUT2D eigenvalue weighted by Crippen LogP contribution is 2.39. The van der Waals surface area contributed by atoms with Crippen molar-refractivity contribution in [3.63, 3.8) is 0 Å². The van der Waals surface area contributed by atoms with Crippen LogP contribution in [0.1, 0.15) is 41.3 Å². The number of fused-ring (bicyclic) bond motifs is 1. The molecule has 2 aliphatic heterocycles. The highest BCUT2D eigenvalue weighted by atomic mass is 35.5. The zero-order valence-electron chi connectivity index (χ0n) is 15.9. The predicted octanol–water partition coefficient (Wildman–Crippen LogP) is 4.26. The quantitative estimate of drug-likeness (QED) is 0.829.